The first-order chi connectivity index (χ1) is 16.2. The van der Waals surface area contributed by atoms with Gasteiger partial charge < -0.3 is 19.5 Å². The molecular formula is C26H24N4O3. The highest BCUT2D eigenvalue weighted by atomic mass is 16.3. The number of amides is 2. The number of piperazine rings is 1. The van der Waals surface area contributed by atoms with E-state index in [1.165, 1.54) is 6.26 Å². The Balaban J connectivity index is 1.44. The molecule has 2 heterocycles. The van der Waals surface area contributed by atoms with Crippen LogP contribution in [0.3, 0.4) is 0 Å². The van der Waals surface area contributed by atoms with E-state index in [0.717, 1.165) is 11.1 Å². The van der Waals surface area contributed by atoms with Crippen LogP contribution in [0.1, 0.15) is 27.7 Å². The quantitative estimate of drug-likeness (QED) is 0.469. The first-order valence-electron chi connectivity index (χ1n) is 10.7. The van der Waals surface area contributed by atoms with E-state index in [2.05, 4.69) is 5.32 Å². The van der Waals surface area contributed by atoms with Crippen molar-refractivity contribution in [2.45, 2.75) is 6.04 Å². The fraction of sp³-hybridized carbons (Fsp3) is 0.192. The lowest BCUT2D eigenvalue weighted by atomic mass is 9.98. The van der Waals surface area contributed by atoms with Gasteiger partial charge in [0.05, 0.1) is 12.3 Å². The summed E-state index contributed by atoms with van der Waals surface area (Å²) in [7, 11) is 0. The minimum Gasteiger partial charge on any atom is -0.459 e. The predicted molar refractivity (Wildman–Crippen MR) is 123 cm³/mol. The standard InChI is InChI=1S/C26H24N4O3/c27-18-22(19-29-13-15-30(16-14-29)26(32)23-12-7-17-33-23)25(31)28-24(20-8-3-1-4-9-20)21-10-5-2-6-11-21/h1-12,17,19,24H,13-16H2,(H,28,31)/b22-19-. The van der Waals surface area contributed by atoms with Gasteiger partial charge in [0.1, 0.15) is 11.6 Å². The number of hydrogen-bond acceptors (Lipinski definition) is 5. The molecule has 0 aliphatic carbocycles. The molecule has 2 amide bonds. The first-order valence-corrected chi connectivity index (χ1v) is 10.7. The van der Waals surface area contributed by atoms with Crippen LogP contribution in [0.5, 0.6) is 0 Å². The number of rotatable bonds is 6. The molecule has 33 heavy (non-hydrogen) atoms. The third kappa shape index (κ3) is 5.31. The van der Waals surface area contributed by atoms with Gasteiger partial charge in [-0.05, 0) is 23.3 Å². The zero-order chi connectivity index (χ0) is 23.0. The summed E-state index contributed by atoms with van der Waals surface area (Å²) in [5, 5.41) is 12.7. The predicted octanol–water partition coefficient (Wildman–Crippen LogP) is 3.35. The van der Waals surface area contributed by atoms with Crippen LogP contribution >= 0.6 is 0 Å². The van der Waals surface area contributed by atoms with Crippen molar-refractivity contribution in [1.29, 1.82) is 5.26 Å². The molecule has 1 N–H and O–H groups in total. The van der Waals surface area contributed by atoms with Gasteiger partial charge in [0.15, 0.2) is 5.76 Å². The largest absolute Gasteiger partial charge is 0.459 e. The molecule has 1 aromatic heterocycles. The third-order valence-electron chi connectivity index (χ3n) is 5.55. The molecule has 7 nitrogen and oxygen atoms in total. The summed E-state index contributed by atoms with van der Waals surface area (Å²) in [6, 6.07) is 24.3. The van der Waals surface area contributed by atoms with Crippen molar-refractivity contribution >= 4 is 11.8 Å². The van der Waals surface area contributed by atoms with Crippen molar-refractivity contribution in [2.75, 3.05) is 26.2 Å². The minimum absolute atomic E-state index is 0.0256. The Morgan fingerprint density at radius 1 is 0.909 bits per heavy atom. The lowest BCUT2D eigenvalue weighted by Gasteiger charge is -2.33. The van der Waals surface area contributed by atoms with Crippen molar-refractivity contribution in [3.8, 4) is 6.07 Å². The zero-order valence-electron chi connectivity index (χ0n) is 18.1. The normalized spacial score (nSPS) is 14.1. The van der Waals surface area contributed by atoms with Gasteiger partial charge in [-0.15, -0.1) is 0 Å². The SMILES string of the molecule is N#C/C(=C/N1CCN(C(=O)c2ccco2)CC1)C(=O)NC(c1ccccc1)c1ccccc1. The Labute approximate surface area is 192 Å². The fourth-order valence-corrected chi connectivity index (χ4v) is 3.79. The molecule has 0 saturated carbocycles. The van der Waals surface area contributed by atoms with Crippen molar-refractivity contribution in [3.05, 3.63) is 108 Å². The molecule has 0 radical (unpaired) electrons. The van der Waals surface area contributed by atoms with Crippen LogP contribution in [0.25, 0.3) is 0 Å². The van der Waals surface area contributed by atoms with Crippen LogP contribution in [0.15, 0.2) is 95.2 Å². The summed E-state index contributed by atoms with van der Waals surface area (Å²) >= 11 is 0. The van der Waals surface area contributed by atoms with Crippen LogP contribution in [0, 0.1) is 11.3 Å². The highest BCUT2D eigenvalue weighted by Gasteiger charge is 2.24. The molecule has 7 heteroatoms. The van der Waals surface area contributed by atoms with Gasteiger partial charge in [0.2, 0.25) is 0 Å². The lowest BCUT2D eigenvalue weighted by molar-refractivity contribution is -0.117. The number of carbonyl (C=O) groups excluding carboxylic acids is 2. The Bertz CT molecular complexity index is 1100. The molecule has 0 spiro atoms. The second-order valence-electron chi connectivity index (χ2n) is 7.69. The Morgan fingerprint density at radius 2 is 1.52 bits per heavy atom. The molecule has 0 bridgehead atoms. The molecule has 3 aromatic rings. The Morgan fingerprint density at radius 3 is 2.03 bits per heavy atom. The van der Waals surface area contributed by atoms with Crippen LogP contribution < -0.4 is 5.32 Å². The minimum atomic E-state index is -0.440. The number of nitrogens with one attached hydrogen (secondary N) is 1. The first kappa shape index (κ1) is 21.9. The van der Waals surface area contributed by atoms with Crippen molar-refractivity contribution in [1.82, 2.24) is 15.1 Å². The topological polar surface area (TPSA) is 89.6 Å². The zero-order valence-corrected chi connectivity index (χ0v) is 18.1. The number of hydrogen-bond donors (Lipinski definition) is 1. The second-order valence-corrected chi connectivity index (χ2v) is 7.69. The van der Waals surface area contributed by atoms with Crippen molar-refractivity contribution in [2.24, 2.45) is 0 Å². The van der Waals surface area contributed by atoms with E-state index in [1.54, 1.807) is 23.2 Å². The fourth-order valence-electron chi connectivity index (χ4n) is 3.79. The summed E-state index contributed by atoms with van der Waals surface area (Å²) in [6.45, 7) is 2.00. The molecular weight excluding hydrogens is 416 g/mol. The van der Waals surface area contributed by atoms with Gasteiger partial charge in [-0.2, -0.15) is 5.26 Å². The molecule has 1 aliphatic rings. The van der Waals surface area contributed by atoms with E-state index < -0.39 is 5.91 Å². The summed E-state index contributed by atoms with van der Waals surface area (Å²) in [5.41, 5.74) is 1.89. The number of carbonyl (C=O) groups is 2. The van der Waals surface area contributed by atoms with E-state index >= 15 is 0 Å². The number of nitriles is 1. The van der Waals surface area contributed by atoms with E-state index in [1.807, 2.05) is 71.6 Å². The van der Waals surface area contributed by atoms with Crippen LogP contribution in [-0.2, 0) is 4.79 Å². The van der Waals surface area contributed by atoms with E-state index in [4.69, 9.17) is 4.42 Å². The molecule has 4 rings (SSSR count). The van der Waals surface area contributed by atoms with Crippen molar-refractivity contribution < 1.29 is 14.0 Å². The van der Waals surface area contributed by atoms with Gasteiger partial charge >= 0.3 is 0 Å². The molecule has 1 fully saturated rings. The average Bonchev–Trinajstić information content (AvgIpc) is 3.42. The monoisotopic (exact) mass is 440 g/mol. The molecule has 0 unspecified atom stereocenters. The number of furan rings is 1. The summed E-state index contributed by atoms with van der Waals surface area (Å²) in [5.74, 6) is -0.288. The molecule has 2 aromatic carbocycles. The lowest BCUT2D eigenvalue weighted by Crippen LogP contribution is -2.47. The molecule has 0 atom stereocenters. The Hall–Kier alpha value is -4.31. The summed E-state index contributed by atoms with van der Waals surface area (Å²) < 4.78 is 5.19. The Kier molecular flexibility index (Phi) is 6.86. The second kappa shape index (κ2) is 10.3. The van der Waals surface area contributed by atoms with E-state index in [-0.39, 0.29) is 17.5 Å². The van der Waals surface area contributed by atoms with Crippen LogP contribution in [-0.4, -0.2) is 47.8 Å². The van der Waals surface area contributed by atoms with Gasteiger partial charge in [-0.3, -0.25) is 9.59 Å². The highest BCUT2D eigenvalue weighted by molar-refractivity contribution is 5.97. The number of nitrogens with zero attached hydrogens (tertiary/aromatic N) is 3. The third-order valence-corrected chi connectivity index (χ3v) is 5.55. The summed E-state index contributed by atoms with van der Waals surface area (Å²) in [6.07, 6.45) is 3.05. The van der Waals surface area contributed by atoms with Gasteiger partial charge in [-0.1, -0.05) is 60.7 Å². The molecule has 1 saturated heterocycles. The van der Waals surface area contributed by atoms with Gasteiger partial charge in [-0.25, -0.2) is 0 Å². The maximum atomic E-state index is 13.0. The maximum Gasteiger partial charge on any atom is 0.289 e. The number of benzene rings is 2. The van der Waals surface area contributed by atoms with Crippen molar-refractivity contribution in [3.63, 3.8) is 0 Å². The molecule has 166 valence electrons. The van der Waals surface area contributed by atoms with Gasteiger partial charge in [0.25, 0.3) is 11.8 Å². The van der Waals surface area contributed by atoms with Crippen LogP contribution in [0.4, 0.5) is 0 Å². The highest BCUT2D eigenvalue weighted by Crippen LogP contribution is 2.22. The summed E-state index contributed by atoms with van der Waals surface area (Å²) in [4.78, 5) is 29.1. The maximum absolute atomic E-state index is 13.0. The molecule has 1 aliphatic heterocycles. The van der Waals surface area contributed by atoms with Crippen LogP contribution in [0.2, 0.25) is 0 Å². The average molecular weight is 441 g/mol. The smallest absolute Gasteiger partial charge is 0.289 e. The van der Waals surface area contributed by atoms with E-state index in [9.17, 15) is 14.9 Å². The van der Waals surface area contributed by atoms with E-state index in [0.29, 0.717) is 31.9 Å². The van der Waals surface area contributed by atoms with Gasteiger partial charge in [0, 0.05) is 32.4 Å².